The van der Waals surface area contributed by atoms with Crippen molar-refractivity contribution in [1.82, 2.24) is 0 Å². The Morgan fingerprint density at radius 1 is 1.36 bits per heavy atom. The molecule has 0 heterocycles. The van der Waals surface area contributed by atoms with E-state index in [1.54, 1.807) is 6.92 Å². The maximum atomic E-state index is 11.4. The largest absolute Gasteiger partial charge is 0.490 e. The molecule has 0 fully saturated rings. The van der Waals surface area contributed by atoms with Crippen LogP contribution in [0.25, 0.3) is 0 Å². The van der Waals surface area contributed by atoms with E-state index in [-0.39, 0.29) is 18.3 Å². The average Bonchev–Trinajstić information content (AvgIpc) is 2.51. The molecule has 0 aliphatic heterocycles. The lowest BCUT2D eigenvalue weighted by Gasteiger charge is -2.11. The van der Waals surface area contributed by atoms with Crippen LogP contribution in [0.4, 0.5) is 0 Å². The highest BCUT2D eigenvalue weighted by molar-refractivity contribution is 5.71. The molecule has 0 bridgehead atoms. The summed E-state index contributed by atoms with van der Waals surface area (Å²) < 4.78 is 10.3. The standard InChI is InChI=1S/C19H22O3/c1-5-7-17(14-19(20)21-4)16-9-11-18(12-10-16)22-13-6-8-15(2)3/h6,8-12,17H,2,13-14H2,1,3-4H3/b8-6+/t17-/m0/s1. The molecule has 0 aromatic heterocycles. The van der Waals surface area contributed by atoms with Gasteiger partial charge in [0, 0.05) is 0 Å². The Kier molecular flexibility index (Phi) is 7.56. The van der Waals surface area contributed by atoms with Crippen molar-refractivity contribution in [3.05, 3.63) is 54.1 Å². The molecule has 0 aliphatic rings. The Balaban J connectivity index is 2.69. The third kappa shape index (κ3) is 6.32. The molecule has 1 rings (SSSR count). The first-order valence-corrected chi connectivity index (χ1v) is 7.10. The molecule has 0 amide bonds. The first-order valence-electron chi connectivity index (χ1n) is 7.10. The van der Waals surface area contributed by atoms with Crippen molar-refractivity contribution in [1.29, 1.82) is 0 Å². The van der Waals surface area contributed by atoms with E-state index < -0.39 is 0 Å². The minimum atomic E-state index is -0.266. The molecule has 3 nitrogen and oxygen atoms in total. The van der Waals surface area contributed by atoms with Crippen LogP contribution in [-0.2, 0) is 9.53 Å². The molecule has 0 saturated heterocycles. The van der Waals surface area contributed by atoms with Gasteiger partial charge in [0.2, 0.25) is 0 Å². The van der Waals surface area contributed by atoms with Crippen molar-refractivity contribution < 1.29 is 14.3 Å². The smallest absolute Gasteiger partial charge is 0.307 e. The molecule has 0 spiro atoms. The zero-order chi connectivity index (χ0) is 16.4. The van der Waals surface area contributed by atoms with Gasteiger partial charge in [-0.05, 0) is 37.6 Å². The second-order valence-corrected chi connectivity index (χ2v) is 4.86. The predicted molar refractivity (Wildman–Crippen MR) is 88.7 cm³/mol. The molecule has 1 aromatic rings. The van der Waals surface area contributed by atoms with Crippen molar-refractivity contribution in [2.45, 2.75) is 26.2 Å². The van der Waals surface area contributed by atoms with Crippen molar-refractivity contribution in [2.75, 3.05) is 13.7 Å². The van der Waals surface area contributed by atoms with Gasteiger partial charge in [-0.25, -0.2) is 0 Å². The maximum absolute atomic E-state index is 11.4. The van der Waals surface area contributed by atoms with Gasteiger partial charge in [0.1, 0.15) is 12.4 Å². The van der Waals surface area contributed by atoms with Crippen molar-refractivity contribution in [2.24, 2.45) is 0 Å². The fraction of sp³-hybridized carbons (Fsp3) is 0.316. The number of hydrogen-bond acceptors (Lipinski definition) is 3. The first kappa shape index (κ1) is 17.6. The molecular weight excluding hydrogens is 276 g/mol. The topological polar surface area (TPSA) is 35.5 Å². The summed E-state index contributed by atoms with van der Waals surface area (Å²) in [5.41, 5.74) is 1.97. The first-order chi connectivity index (χ1) is 10.6. The number of rotatable bonds is 7. The summed E-state index contributed by atoms with van der Waals surface area (Å²) in [4.78, 5) is 11.4. The molecule has 3 heteroatoms. The van der Waals surface area contributed by atoms with Crippen LogP contribution in [0.2, 0.25) is 0 Å². The third-order valence-corrected chi connectivity index (χ3v) is 2.95. The number of ether oxygens (including phenoxy) is 2. The number of carbonyl (C=O) groups is 1. The van der Waals surface area contributed by atoms with Crippen LogP contribution in [0.15, 0.2) is 48.6 Å². The van der Waals surface area contributed by atoms with Crippen LogP contribution in [0.5, 0.6) is 5.75 Å². The molecule has 0 unspecified atom stereocenters. The number of hydrogen-bond donors (Lipinski definition) is 0. The Bertz CT molecular complexity index is 585. The van der Waals surface area contributed by atoms with Crippen molar-refractivity contribution >= 4 is 5.97 Å². The molecule has 22 heavy (non-hydrogen) atoms. The SMILES string of the molecule is C=C(C)/C=C/COc1ccc([C@@H](C#CC)CC(=O)OC)cc1. The van der Waals surface area contributed by atoms with E-state index in [1.807, 2.05) is 43.3 Å². The number of esters is 1. The van der Waals surface area contributed by atoms with Gasteiger partial charge in [0.25, 0.3) is 0 Å². The van der Waals surface area contributed by atoms with Gasteiger partial charge in [-0.2, -0.15) is 0 Å². The number of methoxy groups -OCH3 is 1. The normalized spacial score (nSPS) is 11.4. The maximum Gasteiger partial charge on any atom is 0.307 e. The van der Waals surface area contributed by atoms with Crippen LogP contribution in [0.1, 0.15) is 31.7 Å². The van der Waals surface area contributed by atoms with Crippen molar-refractivity contribution in [3.8, 4) is 17.6 Å². The summed E-state index contributed by atoms with van der Waals surface area (Å²) in [5.74, 6) is 6.24. The molecule has 0 aliphatic carbocycles. The average molecular weight is 298 g/mol. The summed E-state index contributed by atoms with van der Waals surface area (Å²) in [5, 5.41) is 0. The van der Waals surface area contributed by atoms with E-state index in [4.69, 9.17) is 9.47 Å². The van der Waals surface area contributed by atoms with Gasteiger partial charge in [-0.1, -0.05) is 36.3 Å². The molecule has 116 valence electrons. The Labute approximate surface area is 132 Å². The lowest BCUT2D eigenvalue weighted by Crippen LogP contribution is -2.07. The highest BCUT2D eigenvalue weighted by Crippen LogP contribution is 2.22. The highest BCUT2D eigenvalue weighted by Gasteiger charge is 2.14. The minimum Gasteiger partial charge on any atom is -0.490 e. The quantitative estimate of drug-likeness (QED) is 0.435. The summed E-state index contributed by atoms with van der Waals surface area (Å²) in [6.07, 6.45) is 4.08. The number of carbonyl (C=O) groups excluding carboxylic acids is 1. The fourth-order valence-electron chi connectivity index (χ4n) is 1.87. The van der Waals surface area contributed by atoms with Gasteiger partial charge in [-0.15, -0.1) is 5.92 Å². The van der Waals surface area contributed by atoms with Crippen LogP contribution in [-0.4, -0.2) is 19.7 Å². The zero-order valence-electron chi connectivity index (χ0n) is 13.4. The van der Waals surface area contributed by atoms with Crippen LogP contribution in [0, 0.1) is 11.8 Å². The second kappa shape index (κ2) is 9.46. The molecule has 0 radical (unpaired) electrons. The summed E-state index contributed by atoms with van der Waals surface area (Å²) in [7, 11) is 1.38. The van der Waals surface area contributed by atoms with E-state index in [0.717, 1.165) is 16.9 Å². The van der Waals surface area contributed by atoms with Crippen LogP contribution >= 0.6 is 0 Å². The van der Waals surface area contributed by atoms with Gasteiger partial charge < -0.3 is 9.47 Å². The molecule has 1 atom stereocenters. The van der Waals surface area contributed by atoms with Gasteiger partial charge >= 0.3 is 5.97 Å². The zero-order valence-corrected chi connectivity index (χ0v) is 13.4. The molecule has 0 N–H and O–H groups in total. The summed E-state index contributed by atoms with van der Waals surface area (Å²) in [6.45, 7) is 7.97. The highest BCUT2D eigenvalue weighted by atomic mass is 16.5. The van der Waals surface area contributed by atoms with E-state index in [9.17, 15) is 4.79 Å². The third-order valence-electron chi connectivity index (χ3n) is 2.95. The van der Waals surface area contributed by atoms with E-state index in [1.165, 1.54) is 7.11 Å². The lowest BCUT2D eigenvalue weighted by atomic mass is 9.96. The number of benzene rings is 1. The monoisotopic (exact) mass is 298 g/mol. The van der Waals surface area contributed by atoms with Crippen molar-refractivity contribution in [3.63, 3.8) is 0 Å². The van der Waals surface area contributed by atoms with Crippen LogP contribution < -0.4 is 4.74 Å². The van der Waals surface area contributed by atoms with Gasteiger partial charge in [0.05, 0.1) is 19.4 Å². The summed E-state index contributed by atoms with van der Waals surface area (Å²) in [6, 6.07) is 7.61. The summed E-state index contributed by atoms with van der Waals surface area (Å²) >= 11 is 0. The Morgan fingerprint density at radius 2 is 2.05 bits per heavy atom. The number of allylic oxidation sites excluding steroid dienone is 2. The Hall–Kier alpha value is -2.47. The van der Waals surface area contributed by atoms with E-state index in [2.05, 4.69) is 18.4 Å². The second-order valence-electron chi connectivity index (χ2n) is 4.86. The molecule has 0 saturated carbocycles. The van der Waals surface area contributed by atoms with Gasteiger partial charge in [0.15, 0.2) is 0 Å². The Morgan fingerprint density at radius 3 is 2.59 bits per heavy atom. The molecular formula is C19H22O3. The van der Waals surface area contributed by atoms with E-state index in [0.29, 0.717) is 6.61 Å². The lowest BCUT2D eigenvalue weighted by molar-refractivity contribution is -0.140. The van der Waals surface area contributed by atoms with E-state index >= 15 is 0 Å². The minimum absolute atomic E-state index is 0.158. The predicted octanol–water partition coefficient (Wildman–Crippen LogP) is 3.87. The molecule has 1 aromatic carbocycles. The van der Waals surface area contributed by atoms with Crippen LogP contribution in [0.3, 0.4) is 0 Å². The fourth-order valence-corrected chi connectivity index (χ4v) is 1.87. The van der Waals surface area contributed by atoms with Gasteiger partial charge in [-0.3, -0.25) is 4.79 Å².